The Morgan fingerprint density at radius 2 is 1.84 bits per heavy atom. The molecule has 2 rings (SSSR count). The Bertz CT molecular complexity index is 413. The number of carbonyl (C=O) groups is 1. The number of hydrogen-bond donors (Lipinski definition) is 0. The molecule has 1 saturated heterocycles. The van der Waals surface area contributed by atoms with Gasteiger partial charge in [0.15, 0.2) is 0 Å². The number of rotatable bonds is 4. The summed E-state index contributed by atoms with van der Waals surface area (Å²) in [6.45, 7) is 3.21. The molecule has 1 amide bonds. The van der Waals surface area contributed by atoms with Crippen LogP contribution in [0, 0.1) is 0 Å². The molecule has 101 valence electrons. The van der Waals surface area contributed by atoms with Gasteiger partial charge in [0.2, 0.25) is 0 Å². The second-order valence-corrected chi connectivity index (χ2v) is 6.36. The Morgan fingerprint density at radius 3 is 2.47 bits per heavy atom. The summed E-state index contributed by atoms with van der Waals surface area (Å²) in [5, 5.41) is 0. The maximum atomic E-state index is 12.2. The molecular weight excluding hydrogens is 297 g/mol. The van der Waals surface area contributed by atoms with Crippen LogP contribution in [-0.2, 0) is 4.79 Å². The zero-order valence-corrected chi connectivity index (χ0v) is 13.7. The molecule has 1 aromatic carbocycles. The van der Waals surface area contributed by atoms with Crippen molar-refractivity contribution in [3.63, 3.8) is 0 Å². The molecule has 0 atom stereocenters. The molecule has 1 heterocycles. The molecule has 19 heavy (non-hydrogen) atoms. The Hall–Kier alpha value is -0.807. The molecule has 1 aliphatic heterocycles. The summed E-state index contributed by atoms with van der Waals surface area (Å²) < 4.78 is 1.22. The number of likely N-dealkylation sites (tertiary alicyclic amines) is 1. The van der Waals surface area contributed by atoms with E-state index in [0.29, 0.717) is 6.42 Å². The van der Waals surface area contributed by atoms with Gasteiger partial charge in [-0.15, -0.1) is 0 Å². The van der Waals surface area contributed by atoms with E-state index in [4.69, 9.17) is 0 Å². The molecular formula is C15H21GeN2O. The molecule has 1 fully saturated rings. The van der Waals surface area contributed by atoms with Gasteiger partial charge in [0.05, 0.1) is 0 Å². The molecule has 0 saturated carbocycles. The quantitative estimate of drug-likeness (QED) is 0.782. The van der Waals surface area contributed by atoms with Crippen molar-refractivity contribution in [2.75, 3.05) is 31.6 Å². The molecule has 1 aliphatic rings. The van der Waals surface area contributed by atoms with Gasteiger partial charge in [-0.05, 0) is 0 Å². The van der Waals surface area contributed by atoms with Crippen LogP contribution in [0.3, 0.4) is 0 Å². The van der Waals surface area contributed by atoms with Gasteiger partial charge in [0.1, 0.15) is 0 Å². The molecule has 4 heteroatoms. The van der Waals surface area contributed by atoms with Crippen molar-refractivity contribution < 1.29 is 4.79 Å². The standard InChI is InChI=1S/C15H21GeN2O/c1-17(14-7-5-13(16)6-8-14)15(19)9-12-18-10-3-2-4-11-18/h5-8H,2-4,9-12H2,1H3. The van der Waals surface area contributed by atoms with Crippen molar-refractivity contribution in [1.82, 2.24) is 4.90 Å². The summed E-state index contributed by atoms with van der Waals surface area (Å²) in [5.41, 5.74) is 0.981. The Balaban J connectivity index is 1.83. The van der Waals surface area contributed by atoms with Crippen molar-refractivity contribution in [3.05, 3.63) is 24.3 Å². The third-order valence-electron chi connectivity index (χ3n) is 3.72. The van der Waals surface area contributed by atoms with Crippen LogP contribution in [0.15, 0.2) is 24.3 Å². The number of amides is 1. The van der Waals surface area contributed by atoms with Gasteiger partial charge in [-0.3, -0.25) is 0 Å². The topological polar surface area (TPSA) is 23.6 Å². The van der Waals surface area contributed by atoms with E-state index in [9.17, 15) is 4.79 Å². The number of piperidine rings is 1. The molecule has 0 spiro atoms. The monoisotopic (exact) mass is 319 g/mol. The number of hydrogen-bond acceptors (Lipinski definition) is 2. The van der Waals surface area contributed by atoms with E-state index in [0.717, 1.165) is 25.3 Å². The summed E-state index contributed by atoms with van der Waals surface area (Å²) >= 11 is 2.06. The maximum absolute atomic E-state index is 12.2. The van der Waals surface area contributed by atoms with Crippen LogP contribution in [-0.4, -0.2) is 54.0 Å². The first-order valence-corrected chi connectivity index (χ1v) is 8.02. The zero-order valence-electron chi connectivity index (χ0n) is 11.6. The molecule has 0 aliphatic carbocycles. The predicted octanol–water partition coefficient (Wildman–Crippen LogP) is 1.32. The van der Waals surface area contributed by atoms with E-state index in [2.05, 4.69) is 21.4 Å². The number of benzene rings is 1. The summed E-state index contributed by atoms with van der Waals surface area (Å²) in [4.78, 5) is 16.3. The molecule has 0 aromatic heterocycles. The van der Waals surface area contributed by atoms with Crippen LogP contribution in [0.1, 0.15) is 25.7 Å². The van der Waals surface area contributed by atoms with Crippen molar-refractivity contribution in [2.24, 2.45) is 0 Å². The summed E-state index contributed by atoms with van der Waals surface area (Å²) in [7, 11) is 1.86. The van der Waals surface area contributed by atoms with E-state index >= 15 is 0 Å². The fourth-order valence-corrected chi connectivity index (χ4v) is 2.78. The summed E-state index contributed by atoms with van der Waals surface area (Å²) in [5.74, 6) is 0.203. The molecule has 0 N–H and O–H groups in total. The fraction of sp³-hybridized carbons (Fsp3) is 0.533. The third kappa shape index (κ3) is 4.35. The van der Waals surface area contributed by atoms with Crippen LogP contribution in [0.5, 0.6) is 0 Å². The second-order valence-electron chi connectivity index (χ2n) is 5.15. The molecule has 3 nitrogen and oxygen atoms in total. The Kier molecular flexibility index (Phi) is 5.46. The van der Waals surface area contributed by atoms with Crippen LogP contribution in [0.4, 0.5) is 5.69 Å². The van der Waals surface area contributed by atoms with Gasteiger partial charge in [0, 0.05) is 0 Å². The predicted molar refractivity (Wildman–Crippen MR) is 80.1 cm³/mol. The SMILES string of the molecule is CN(C(=O)CCN1CCCCC1)c1cc[c]([Ge])cc1. The third-order valence-corrected chi connectivity index (χ3v) is 4.42. The number of carbonyl (C=O) groups excluding carboxylic acids is 1. The zero-order chi connectivity index (χ0) is 13.7. The van der Waals surface area contributed by atoms with Gasteiger partial charge >= 0.3 is 124 Å². The minimum atomic E-state index is 0.203. The second kappa shape index (κ2) is 7.10. The van der Waals surface area contributed by atoms with Crippen LogP contribution < -0.4 is 9.30 Å². The average molecular weight is 318 g/mol. The number of nitrogens with zero attached hydrogens (tertiary/aromatic N) is 2. The van der Waals surface area contributed by atoms with Gasteiger partial charge < -0.3 is 0 Å². The van der Waals surface area contributed by atoms with E-state index < -0.39 is 0 Å². The van der Waals surface area contributed by atoms with Gasteiger partial charge in [-0.2, -0.15) is 0 Å². The van der Waals surface area contributed by atoms with Gasteiger partial charge in [-0.25, -0.2) is 0 Å². The van der Waals surface area contributed by atoms with Gasteiger partial charge in [-0.1, -0.05) is 0 Å². The van der Waals surface area contributed by atoms with E-state index in [1.165, 1.54) is 23.7 Å². The van der Waals surface area contributed by atoms with Crippen molar-refractivity contribution in [3.8, 4) is 0 Å². The molecule has 3 radical (unpaired) electrons. The Labute approximate surface area is 124 Å². The first-order chi connectivity index (χ1) is 9.16. The molecule has 1 aromatic rings. The van der Waals surface area contributed by atoms with Crippen LogP contribution >= 0.6 is 0 Å². The first-order valence-electron chi connectivity index (χ1n) is 6.97. The van der Waals surface area contributed by atoms with Crippen LogP contribution in [0.2, 0.25) is 0 Å². The van der Waals surface area contributed by atoms with Crippen molar-refractivity contribution in [1.29, 1.82) is 0 Å². The Morgan fingerprint density at radius 1 is 1.21 bits per heavy atom. The first kappa shape index (κ1) is 14.6. The normalized spacial score (nSPS) is 16.3. The van der Waals surface area contributed by atoms with Gasteiger partial charge in [0.25, 0.3) is 0 Å². The van der Waals surface area contributed by atoms with E-state index in [-0.39, 0.29) is 5.91 Å². The van der Waals surface area contributed by atoms with E-state index in [1.54, 1.807) is 4.90 Å². The van der Waals surface area contributed by atoms with E-state index in [1.807, 2.05) is 31.3 Å². The van der Waals surface area contributed by atoms with Crippen molar-refractivity contribution in [2.45, 2.75) is 25.7 Å². The molecule has 0 unspecified atom stereocenters. The van der Waals surface area contributed by atoms with Crippen molar-refractivity contribution >= 4 is 32.5 Å². The fourth-order valence-electron chi connectivity index (χ4n) is 2.43. The number of anilines is 1. The molecule has 0 bridgehead atoms. The summed E-state index contributed by atoms with van der Waals surface area (Å²) in [6.07, 6.45) is 4.52. The van der Waals surface area contributed by atoms with Crippen LogP contribution in [0.25, 0.3) is 0 Å². The minimum absolute atomic E-state index is 0.203. The average Bonchev–Trinajstić information content (AvgIpc) is 2.46. The summed E-state index contributed by atoms with van der Waals surface area (Å²) in [6, 6.07) is 8.11.